The van der Waals surface area contributed by atoms with E-state index in [-0.39, 0.29) is 24.1 Å². The van der Waals surface area contributed by atoms with Gasteiger partial charge in [0.15, 0.2) is 0 Å². The number of benzene rings is 1. The van der Waals surface area contributed by atoms with Crippen LogP contribution in [0.25, 0.3) is 0 Å². The van der Waals surface area contributed by atoms with Gasteiger partial charge in [0.1, 0.15) is 5.82 Å². The van der Waals surface area contributed by atoms with Gasteiger partial charge in [-0.2, -0.15) is 0 Å². The molecule has 0 saturated carbocycles. The highest BCUT2D eigenvalue weighted by atomic mass is 19.1. The quantitative estimate of drug-likeness (QED) is 0.853. The number of amides is 2. The summed E-state index contributed by atoms with van der Waals surface area (Å²) in [5, 5.41) is 2.31. The van der Waals surface area contributed by atoms with E-state index in [4.69, 9.17) is 0 Å². The summed E-state index contributed by atoms with van der Waals surface area (Å²) in [6.45, 7) is 1.98. The lowest BCUT2D eigenvalue weighted by atomic mass is 10.1. The summed E-state index contributed by atoms with van der Waals surface area (Å²) in [5.41, 5.74) is 0.687. The molecule has 0 aliphatic rings. The summed E-state index contributed by atoms with van der Waals surface area (Å²) < 4.78 is 12.6. The number of hydrogen-bond donors (Lipinski definition) is 1. The minimum absolute atomic E-state index is 0.0954. The van der Waals surface area contributed by atoms with Crippen molar-refractivity contribution in [2.75, 3.05) is 0 Å². The lowest BCUT2D eigenvalue weighted by Gasteiger charge is -2.03. The van der Waals surface area contributed by atoms with Crippen molar-refractivity contribution >= 4 is 11.8 Å². The summed E-state index contributed by atoms with van der Waals surface area (Å²) in [7, 11) is 0. The molecule has 2 amide bonds. The van der Waals surface area contributed by atoms with Crippen LogP contribution in [0.5, 0.6) is 0 Å². The third-order valence-electron chi connectivity index (χ3n) is 2.31. The van der Waals surface area contributed by atoms with Crippen LogP contribution in [-0.4, -0.2) is 11.8 Å². The number of unbranched alkanes of at least 4 members (excludes halogenated alkanes) is 1. The normalized spacial score (nSPS) is 10.0. The third-order valence-corrected chi connectivity index (χ3v) is 2.31. The first-order valence-corrected chi connectivity index (χ1v) is 5.69. The predicted octanol–water partition coefficient (Wildman–Crippen LogP) is 2.20. The van der Waals surface area contributed by atoms with Gasteiger partial charge in [-0.05, 0) is 24.1 Å². The van der Waals surface area contributed by atoms with Gasteiger partial charge in [0, 0.05) is 6.42 Å². The van der Waals surface area contributed by atoms with Gasteiger partial charge in [0.2, 0.25) is 11.8 Å². The van der Waals surface area contributed by atoms with Gasteiger partial charge in [0.25, 0.3) is 0 Å². The summed E-state index contributed by atoms with van der Waals surface area (Å²) in [4.78, 5) is 22.7. The SMILES string of the molecule is CCCCC(=O)NC(=O)Cc1ccc(F)cc1. The Kier molecular flexibility index (Phi) is 5.33. The number of halogens is 1. The first-order chi connectivity index (χ1) is 8.11. The molecule has 0 aliphatic heterocycles. The summed E-state index contributed by atoms with van der Waals surface area (Å²) >= 11 is 0. The first kappa shape index (κ1) is 13.4. The van der Waals surface area contributed by atoms with Crippen LogP contribution >= 0.6 is 0 Å². The second-order valence-electron chi connectivity index (χ2n) is 3.88. The molecule has 0 spiro atoms. The molecule has 1 aromatic carbocycles. The molecule has 0 unspecified atom stereocenters. The van der Waals surface area contributed by atoms with Crippen molar-refractivity contribution in [2.24, 2.45) is 0 Å². The molecule has 3 nitrogen and oxygen atoms in total. The molecule has 0 bridgehead atoms. The van der Waals surface area contributed by atoms with Gasteiger partial charge >= 0.3 is 0 Å². The standard InChI is InChI=1S/C13H16FNO2/c1-2-3-4-12(16)15-13(17)9-10-5-7-11(14)8-6-10/h5-8H,2-4,9H2,1H3,(H,15,16,17). The molecule has 0 heterocycles. The molecule has 17 heavy (non-hydrogen) atoms. The second-order valence-corrected chi connectivity index (χ2v) is 3.88. The second kappa shape index (κ2) is 6.78. The fraction of sp³-hybridized carbons (Fsp3) is 0.385. The fourth-order valence-corrected chi connectivity index (χ4v) is 1.39. The van der Waals surface area contributed by atoms with Crippen LogP contribution in [0, 0.1) is 5.82 Å². The van der Waals surface area contributed by atoms with Gasteiger partial charge in [-0.1, -0.05) is 25.5 Å². The minimum atomic E-state index is -0.349. The molecule has 1 rings (SSSR count). The van der Waals surface area contributed by atoms with Gasteiger partial charge in [-0.25, -0.2) is 4.39 Å². The molecule has 0 aliphatic carbocycles. The maximum Gasteiger partial charge on any atom is 0.230 e. The molecule has 4 heteroatoms. The average molecular weight is 237 g/mol. The van der Waals surface area contributed by atoms with E-state index in [1.807, 2.05) is 6.92 Å². The minimum Gasteiger partial charge on any atom is -0.296 e. The Labute approximate surface area is 100 Å². The molecular weight excluding hydrogens is 221 g/mol. The van der Waals surface area contributed by atoms with Gasteiger partial charge in [-0.15, -0.1) is 0 Å². The van der Waals surface area contributed by atoms with E-state index in [0.29, 0.717) is 12.0 Å². The Morgan fingerprint density at radius 3 is 2.41 bits per heavy atom. The van der Waals surface area contributed by atoms with Crippen LogP contribution in [0.4, 0.5) is 4.39 Å². The van der Waals surface area contributed by atoms with E-state index >= 15 is 0 Å². The fourth-order valence-electron chi connectivity index (χ4n) is 1.39. The molecule has 0 fully saturated rings. The monoisotopic (exact) mass is 237 g/mol. The number of hydrogen-bond acceptors (Lipinski definition) is 2. The summed E-state index contributed by atoms with van der Waals surface area (Å²) in [6, 6.07) is 5.65. The van der Waals surface area contributed by atoms with E-state index in [1.165, 1.54) is 24.3 Å². The number of carbonyl (C=O) groups is 2. The zero-order valence-electron chi connectivity index (χ0n) is 9.83. The highest BCUT2D eigenvalue weighted by Crippen LogP contribution is 2.03. The molecule has 0 aromatic heterocycles. The molecular formula is C13H16FNO2. The molecule has 0 atom stereocenters. The molecule has 0 radical (unpaired) electrons. The highest BCUT2D eigenvalue weighted by molar-refractivity contribution is 5.95. The third kappa shape index (κ3) is 5.24. The highest BCUT2D eigenvalue weighted by Gasteiger charge is 2.08. The van der Waals surface area contributed by atoms with Gasteiger partial charge < -0.3 is 0 Å². The number of carbonyl (C=O) groups excluding carboxylic acids is 2. The Bertz CT molecular complexity index is 387. The van der Waals surface area contributed by atoms with Crippen LogP contribution in [0.1, 0.15) is 31.7 Å². The zero-order chi connectivity index (χ0) is 12.7. The maximum atomic E-state index is 12.6. The van der Waals surface area contributed by atoms with Crippen molar-refractivity contribution in [2.45, 2.75) is 32.6 Å². The molecule has 1 aromatic rings. The Hall–Kier alpha value is -1.71. The van der Waals surface area contributed by atoms with Crippen molar-refractivity contribution in [1.29, 1.82) is 0 Å². The average Bonchev–Trinajstić information content (AvgIpc) is 2.29. The Morgan fingerprint density at radius 1 is 1.18 bits per heavy atom. The molecule has 92 valence electrons. The van der Waals surface area contributed by atoms with E-state index in [2.05, 4.69) is 5.32 Å². The van der Waals surface area contributed by atoms with Crippen LogP contribution in [-0.2, 0) is 16.0 Å². The lowest BCUT2D eigenvalue weighted by molar-refractivity contribution is -0.130. The van der Waals surface area contributed by atoms with Crippen molar-refractivity contribution in [3.63, 3.8) is 0 Å². The summed E-state index contributed by atoms with van der Waals surface area (Å²) in [6.07, 6.45) is 2.15. The van der Waals surface area contributed by atoms with E-state index in [1.54, 1.807) is 0 Å². The maximum absolute atomic E-state index is 12.6. The Morgan fingerprint density at radius 2 is 1.82 bits per heavy atom. The van der Waals surface area contributed by atoms with E-state index in [9.17, 15) is 14.0 Å². The van der Waals surface area contributed by atoms with Gasteiger partial charge in [0.05, 0.1) is 6.42 Å². The zero-order valence-corrected chi connectivity index (χ0v) is 9.83. The predicted molar refractivity (Wildman–Crippen MR) is 62.8 cm³/mol. The van der Waals surface area contributed by atoms with Crippen molar-refractivity contribution < 1.29 is 14.0 Å². The van der Waals surface area contributed by atoms with Crippen LogP contribution in [0.2, 0.25) is 0 Å². The van der Waals surface area contributed by atoms with Gasteiger partial charge in [-0.3, -0.25) is 14.9 Å². The summed E-state index contributed by atoms with van der Waals surface area (Å²) in [5.74, 6) is -0.940. The van der Waals surface area contributed by atoms with Crippen molar-refractivity contribution in [3.05, 3.63) is 35.6 Å². The van der Waals surface area contributed by atoms with E-state index < -0.39 is 0 Å². The van der Waals surface area contributed by atoms with Crippen LogP contribution in [0.15, 0.2) is 24.3 Å². The Balaban J connectivity index is 2.39. The largest absolute Gasteiger partial charge is 0.296 e. The van der Waals surface area contributed by atoms with Crippen LogP contribution < -0.4 is 5.32 Å². The number of nitrogens with one attached hydrogen (secondary N) is 1. The van der Waals surface area contributed by atoms with E-state index in [0.717, 1.165) is 12.8 Å². The number of imide groups is 1. The first-order valence-electron chi connectivity index (χ1n) is 5.69. The lowest BCUT2D eigenvalue weighted by Crippen LogP contribution is -2.31. The molecule has 1 N–H and O–H groups in total. The smallest absolute Gasteiger partial charge is 0.230 e. The van der Waals surface area contributed by atoms with Crippen LogP contribution in [0.3, 0.4) is 0 Å². The van der Waals surface area contributed by atoms with Crippen molar-refractivity contribution in [3.8, 4) is 0 Å². The number of rotatable bonds is 5. The van der Waals surface area contributed by atoms with Crippen molar-refractivity contribution in [1.82, 2.24) is 5.32 Å². The topological polar surface area (TPSA) is 46.2 Å². The molecule has 0 saturated heterocycles.